The Kier molecular flexibility index (Phi) is 4.28. The SMILES string of the molecule is NC(=O)Nc1cccc(C(=O)N[C@@H](c2ccccc2)C2CC2)c1. The largest absolute Gasteiger partial charge is 0.351 e. The molecule has 2 aromatic rings. The van der Waals surface area contributed by atoms with Gasteiger partial charge < -0.3 is 16.4 Å². The van der Waals surface area contributed by atoms with Crippen LogP contribution in [0.25, 0.3) is 0 Å². The first kappa shape index (κ1) is 15.1. The lowest BCUT2D eigenvalue weighted by molar-refractivity contribution is 0.0931. The van der Waals surface area contributed by atoms with E-state index < -0.39 is 6.03 Å². The topological polar surface area (TPSA) is 84.2 Å². The molecular weight excluding hydrogens is 290 g/mol. The first-order chi connectivity index (χ1) is 11.1. The van der Waals surface area contributed by atoms with Crippen LogP contribution >= 0.6 is 0 Å². The second-order valence-corrected chi connectivity index (χ2v) is 5.77. The highest BCUT2D eigenvalue weighted by molar-refractivity contribution is 5.96. The molecule has 2 aromatic carbocycles. The average molecular weight is 309 g/mol. The van der Waals surface area contributed by atoms with Crippen LogP contribution in [0.15, 0.2) is 54.6 Å². The molecule has 5 heteroatoms. The predicted molar refractivity (Wildman–Crippen MR) is 89.0 cm³/mol. The minimum atomic E-state index is -0.650. The van der Waals surface area contributed by atoms with Gasteiger partial charge in [-0.05, 0) is 42.5 Å². The van der Waals surface area contributed by atoms with Crippen molar-refractivity contribution >= 4 is 17.6 Å². The van der Waals surface area contributed by atoms with Crippen LogP contribution in [-0.4, -0.2) is 11.9 Å². The fraction of sp³-hybridized carbons (Fsp3) is 0.222. The second-order valence-electron chi connectivity index (χ2n) is 5.77. The highest BCUT2D eigenvalue weighted by Gasteiger charge is 2.33. The average Bonchev–Trinajstić information content (AvgIpc) is 3.37. The number of amides is 3. The summed E-state index contributed by atoms with van der Waals surface area (Å²) in [5.74, 6) is 0.340. The summed E-state index contributed by atoms with van der Waals surface area (Å²) >= 11 is 0. The zero-order chi connectivity index (χ0) is 16.2. The van der Waals surface area contributed by atoms with E-state index in [2.05, 4.69) is 10.6 Å². The number of urea groups is 1. The maximum Gasteiger partial charge on any atom is 0.316 e. The predicted octanol–water partition coefficient (Wildman–Crippen LogP) is 3.06. The van der Waals surface area contributed by atoms with E-state index in [-0.39, 0.29) is 11.9 Å². The molecule has 0 aromatic heterocycles. The minimum absolute atomic E-state index is 0.0245. The highest BCUT2D eigenvalue weighted by atomic mass is 16.2. The summed E-state index contributed by atoms with van der Waals surface area (Å²) in [4.78, 5) is 23.5. The van der Waals surface area contributed by atoms with Crippen molar-refractivity contribution in [2.75, 3.05) is 5.32 Å². The molecule has 1 aliphatic carbocycles. The van der Waals surface area contributed by atoms with Gasteiger partial charge in [0.25, 0.3) is 5.91 Å². The molecule has 0 aliphatic heterocycles. The number of benzene rings is 2. The molecule has 1 atom stereocenters. The van der Waals surface area contributed by atoms with E-state index in [1.165, 1.54) is 0 Å². The van der Waals surface area contributed by atoms with Gasteiger partial charge in [0.1, 0.15) is 0 Å². The molecule has 4 N–H and O–H groups in total. The van der Waals surface area contributed by atoms with Crippen molar-refractivity contribution in [1.82, 2.24) is 5.32 Å². The first-order valence-corrected chi connectivity index (χ1v) is 7.66. The van der Waals surface area contributed by atoms with E-state index in [0.29, 0.717) is 17.2 Å². The summed E-state index contributed by atoms with van der Waals surface area (Å²) in [6.45, 7) is 0. The Morgan fingerprint density at radius 2 is 1.78 bits per heavy atom. The van der Waals surface area contributed by atoms with Crippen molar-refractivity contribution in [3.63, 3.8) is 0 Å². The van der Waals surface area contributed by atoms with Crippen molar-refractivity contribution in [2.45, 2.75) is 18.9 Å². The number of rotatable bonds is 5. The lowest BCUT2D eigenvalue weighted by Crippen LogP contribution is -2.30. The van der Waals surface area contributed by atoms with Crippen LogP contribution < -0.4 is 16.4 Å². The third kappa shape index (κ3) is 3.88. The molecule has 5 nitrogen and oxygen atoms in total. The van der Waals surface area contributed by atoms with Crippen molar-refractivity contribution in [2.24, 2.45) is 11.7 Å². The van der Waals surface area contributed by atoms with Gasteiger partial charge in [-0.1, -0.05) is 36.4 Å². The van der Waals surface area contributed by atoms with Crippen LogP contribution in [0.4, 0.5) is 10.5 Å². The number of hydrogen-bond acceptors (Lipinski definition) is 2. The summed E-state index contributed by atoms with van der Waals surface area (Å²) < 4.78 is 0. The van der Waals surface area contributed by atoms with Gasteiger partial charge in [0, 0.05) is 11.3 Å². The van der Waals surface area contributed by atoms with E-state index in [4.69, 9.17) is 5.73 Å². The molecule has 0 radical (unpaired) electrons. The van der Waals surface area contributed by atoms with E-state index in [1.54, 1.807) is 24.3 Å². The Hall–Kier alpha value is -2.82. The normalized spacial score (nSPS) is 14.8. The van der Waals surface area contributed by atoms with E-state index in [9.17, 15) is 9.59 Å². The molecule has 0 spiro atoms. The van der Waals surface area contributed by atoms with Crippen molar-refractivity contribution in [3.05, 3.63) is 65.7 Å². The molecular formula is C18H19N3O2. The molecule has 0 saturated heterocycles. The van der Waals surface area contributed by atoms with Gasteiger partial charge in [-0.2, -0.15) is 0 Å². The summed E-state index contributed by atoms with van der Waals surface area (Å²) in [6.07, 6.45) is 2.26. The van der Waals surface area contributed by atoms with Crippen LogP contribution in [0.2, 0.25) is 0 Å². The van der Waals surface area contributed by atoms with Gasteiger partial charge in [0.15, 0.2) is 0 Å². The molecule has 1 fully saturated rings. The Labute approximate surface area is 134 Å². The molecule has 1 aliphatic rings. The fourth-order valence-corrected chi connectivity index (χ4v) is 2.67. The molecule has 23 heavy (non-hydrogen) atoms. The summed E-state index contributed by atoms with van der Waals surface area (Å²) in [6, 6.07) is 16.1. The Morgan fingerprint density at radius 1 is 1.04 bits per heavy atom. The molecule has 3 rings (SSSR count). The molecule has 0 bridgehead atoms. The molecule has 3 amide bonds. The molecule has 118 valence electrons. The zero-order valence-corrected chi connectivity index (χ0v) is 12.7. The Morgan fingerprint density at radius 3 is 2.43 bits per heavy atom. The standard InChI is InChI=1S/C18H19N3O2/c19-18(23)20-15-8-4-7-14(11-15)17(22)21-16(13-9-10-13)12-5-2-1-3-6-12/h1-8,11,13,16H,9-10H2,(H,21,22)(H3,19,20,23)/t16-/m0/s1. The number of carbonyl (C=O) groups is 2. The lowest BCUT2D eigenvalue weighted by Gasteiger charge is -2.19. The monoisotopic (exact) mass is 309 g/mol. The summed E-state index contributed by atoms with van der Waals surface area (Å²) in [7, 11) is 0. The van der Waals surface area contributed by atoms with Crippen molar-refractivity contribution in [3.8, 4) is 0 Å². The van der Waals surface area contributed by atoms with Crippen LogP contribution in [-0.2, 0) is 0 Å². The minimum Gasteiger partial charge on any atom is -0.351 e. The van der Waals surface area contributed by atoms with Gasteiger partial charge in [0.05, 0.1) is 6.04 Å². The van der Waals surface area contributed by atoms with Crippen LogP contribution in [0.1, 0.15) is 34.8 Å². The molecule has 1 saturated carbocycles. The number of anilines is 1. The maximum atomic E-state index is 12.5. The van der Waals surface area contributed by atoms with Crippen LogP contribution in [0.3, 0.4) is 0 Å². The third-order valence-electron chi connectivity index (χ3n) is 3.93. The maximum absolute atomic E-state index is 12.5. The van der Waals surface area contributed by atoms with Gasteiger partial charge in [-0.25, -0.2) is 4.79 Å². The summed E-state index contributed by atoms with van der Waals surface area (Å²) in [5, 5.41) is 5.59. The van der Waals surface area contributed by atoms with E-state index in [0.717, 1.165) is 18.4 Å². The third-order valence-corrected chi connectivity index (χ3v) is 3.93. The van der Waals surface area contributed by atoms with Gasteiger partial charge >= 0.3 is 6.03 Å². The smallest absolute Gasteiger partial charge is 0.316 e. The fourth-order valence-electron chi connectivity index (χ4n) is 2.67. The number of hydrogen-bond donors (Lipinski definition) is 3. The number of primary amides is 1. The zero-order valence-electron chi connectivity index (χ0n) is 12.7. The number of nitrogens with one attached hydrogen (secondary N) is 2. The second kappa shape index (κ2) is 6.52. The van der Waals surface area contributed by atoms with E-state index >= 15 is 0 Å². The van der Waals surface area contributed by atoms with Crippen molar-refractivity contribution < 1.29 is 9.59 Å². The Bertz CT molecular complexity index is 711. The number of nitrogens with two attached hydrogens (primary N) is 1. The molecule has 0 heterocycles. The Balaban J connectivity index is 1.76. The highest BCUT2D eigenvalue weighted by Crippen LogP contribution is 2.41. The number of carbonyl (C=O) groups excluding carboxylic acids is 2. The van der Waals surface area contributed by atoms with Gasteiger partial charge in [-0.15, -0.1) is 0 Å². The van der Waals surface area contributed by atoms with Gasteiger partial charge in [-0.3, -0.25) is 4.79 Å². The van der Waals surface area contributed by atoms with Crippen LogP contribution in [0, 0.1) is 5.92 Å². The quantitative estimate of drug-likeness (QED) is 0.793. The summed E-state index contributed by atoms with van der Waals surface area (Å²) in [5.41, 5.74) is 7.23. The lowest BCUT2D eigenvalue weighted by atomic mass is 10.0. The van der Waals surface area contributed by atoms with Crippen LogP contribution in [0.5, 0.6) is 0 Å². The van der Waals surface area contributed by atoms with Crippen molar-refractivity contribution in [1.29, 1.82) is 0 Å². The van der Waals surface area contributed by atoms with E-state index in [1.807, 2.05) is 30.3 Å². The van der Waals surface area contributed by atoms with Gasteiger partial charge in [0.2, 0.25) is 0 Å². The first-order valence-electron chi connectivity index (χ1n) is 7.66. The molecule has 0 unspecified atom stereocenters.